The van der Waals surface area contributed by atoms with Crippen molar-refractivity contribution >= 4 is 36.1 Å². The normalized spacial score (nSPS) is 24.9. The first-order valence-electron chi connectivity index (χ1n) is 15.0. The Labute approximate surface area is 268 Å². The van der Waals surface area contributed by atoms with Crippen molar-refractivity contribution in [3.63, 3.8) is 0 Å². The van der Waals surface area contributed by atoms with E-state index in [4.69, 9.17) is 26.1 Å². The molecule has 9 nitrogen and oxygen atoms in total. The maximum Gasteiger partial charge on any atom is 0.507 e. The van der Waals surface area contributed by atoms with Gasteiger partial charge in [-0.1, -0.05) is 23.7 Å². The Balaban J connectivity index is 0.00000384. The molecule has 11 heteroatoms. The van der Waals surface area contributed by atoms with Gasteiger partial charge in [-0.3, -0.25) is 9.78 Å². The highest BCUT2D eigenvalue weighted by molar-refractivity contribution is 6.32. The van der Waals surface area contributed by atoms with Gasteiger partial charge in [0.1, 0.15) is 11.4 Å². The first kappa shape index (κ1) is 32.0. The van der Waals surface area contributed by atoms with E-state index in [1.54, 1.807) is 18.3 Å². The van der Waals surface area contributed by atoms with E-state index in [0.29, 0.717) is 46.2 Å². The molecule has 4 saturated carbocycles. The minimum Gasteiger partial charge on any atom is -0.492 e. The predicted molar refractivity (Wildman–Crippen MR) is 170 cm³/mol. The first-order valence-corrected chi connectivity index (χ1v) is 15.3. The van der Waals surface area contributed by atoms with Gasteiger partial charge < -0.3 is 24.8 Å². The summed E-state index contributed by atoms with van der Waals surface area (Å²) in [6.07, 6.45) is 5.81. The van der Waals surface area contributed by atoms with Gasteiger partial charge in [0.2, 0.25) is 0 Å². The number of pyridine rings is 2. The summed E-state index contributed by atoms with van der Waals surface area (Å²) < 4.78 is 11.6. The van der Waals surface area contributed by atoms with E-state index in [-0.39, 0.29) is 29.9 Å². The monoisotopic (exact) mass is 640 g/mol. The summed E-state index contributed by atoms with van der Waals surface area (Å²) in [6, 6.07) is 14.5. The summed E-state index contributed by atoms with van der Waals surface area (Å²) in [4.78, 5) is 37.3. The summed E-state index contributed by atoms with van der Waals surface area (Å²) in [6.45, 7) is 1.38. The highest BCUT2D eigenvalue weighted by atomic mass is 35.5. The van der Waals surface area contributed by atoms with Crippen LogP contribution in [0.25, 0.3) is 22.5 Å². The zero-order chi connectivity index (χ0) is 30.1. The van der Waals surface area contributed by atoms with Crippen LogP contribution in [0.4, 0.5) is 4.79 Å². The number of rotatable bonds is 10. The second-order valence-corrected chi connectivity index (χ2v) is 12.8. The highest BCUT2D eigenvalue weighted by Gasteiger charge is 2.60. The van der Waals surface area contributed by atoms with Gasteiger partial charge in [-0.2, -0.15) is 0 Å². The smallest absolute Gasteiger partial charge is 0.492 e. The van der Waals surface area contributed by atoms with Gasteiger partial charge in [0.25, 0.3) is 5.91 Å². The van der Waals surface area contributed by atoms with Gasteiger partial charge in [0.05, 0.1) is 23.0 Å². The second-order valence-electron chi connectivity index (χ2n) is 12.4. The van der Waals surface area contributed by atoms with Crippen LogP contribution in [0.1, 0.15) is 49.0 Å². The molecule has 0 saturated heterocycles. The number of carbonyl (C=O) groups is 2. The highest BCUT2D eigenvalue weighted by Crippen LogP contribution is 2.58. The number of benzene rings is 1. The molecule has 44 heavy (non-hydrogen) atoms. The van der Waals surface area contributed by atoms with Gasteiger partial charge in [0, 0.05) is 35.7 Å². The lowest BCUT2D eigenvalue weighted by Crippen LogP contribution is -2.68. The minimum absolute atomic E-state index is 0. The number of hydrogen-bond acceptors (Lipinski definition) is 7. The average Bonchev–Trinajstić information content (AvgIpc) is 2.98. The van der Waals surface area contributed by atoms with E-state index in [9.17, 15) is 14.7 Å². The van der Waals surface area contributed by atoms with Crippen molar-refractivity contribution in [2.24, 2.45) is 23.7 Å². The Kier molecular flexibility index (Phi) is 9.68. The standard InChI is InChI=1S/C33H37ClN4O5.ClH/c1-38(2)12-5-13-42-29-19-22(7-9-26(29)34)30-25(27-6-3-4-11-35-27)8-10-28(36-30)31(39)37-33(43-32(40)41)23-15-20-14-21(17-23)18-24(33)16-20;/h3-4,6-11,19-21,23-24H,5,12-18H2,1-2H3,(H,37,39)(H,40,41);1H. The fraction of sp³-hybridized carbons (Fsp3) is 0.455. The molecule has 2 aromatic heterocycles. The van der Waals surface area contributed by atoms with Crippen LogP contribution in [0.5, 0.6) is 5.75 Å². The first-order chi connectivity index (χ1) is 20.7. The third-order valence-electron chi connectivity index (χ3n) is 9.20. The molecule has 0 atom stereocenters. The fourth-order valence-electron chi connectivity index (χ4n) is 7.53. The van der Waals surface area contributed by atoms with Crippen molar-refractivity contribution in [1.29, 1.82) is 0 Å². The van der Waals surface area contributed by atoms with Crippen LogP contribution in [-0.2, 0) is 4.74 Å². The van der Waals surface area contributed by atoms with Crippen molar-refractivity contribution < 1.29 is 24.2 Å². The topological polar surface area (TPSA) is 114 Å². The maximum absolute atomic E-state index is 13.9. The summed E-state index contributed by atoms with van der Waals surface area (Å²) >= 11 is 6.49. The van der Waals surface area contributed by atoms with Crippen LogP contribution < -0.4 is 10.1 Å². The van der Waals surface area contributed by atoms with Crippen LogP contribution in [-0.4, -0.2) is 65.0 Å². The Bertz CT molecular complexity index is 1470. The second kappa shape index (κ2) is 13.3. The molecule has 1 amide bonds. The molecule has 2 N–H and O–H groups in total. The summed E-state index contributed by atoms with van der Waals surface area (Å²) in [7, 11) is 4.03. The van der Waals surface area contributed by atoms with Crippen LogP contribution in [0.2, 0.25) is 5.02 Å². The zero-order valence-electron chi connectivity index (χ0n) is 24.9. The summed E-state index contributed by atoms with van der Waals surface area (Å²) in [5, 5.41) is 13.3. The van der Waals surface area contributed by atoms with Gasteiger partial charge in [-0.05, 0) is 101 Å². The van der Waals surface area contributed by atoms with E-state index in [1.165, 1.54) is 6.42 Å². The molecule has 4 aliphatic rings. The van der Waals surface area contributed by atoms with E-state index in [2.05, 4.69) is 15.2 Å². The predicted octanol–water partition coefficient (Wildman–Crippen LogP) is 6.79. The molecule has 0 unspecified atom stereocenters. The molecule has 0 radical (unpaired) electrons. The summed E-state index contributed by atoms with van der Waals surface area (Å²) in [5.41, 5.74) is 1.62. The Morgan fingerprint density at radius 3 is 2.41 bits per heavy atom. The summed E-state index contributed by atoms with van der Waals surface area (Å²) in [5.74, 6) is 1.12. The lowest BCUT2D eigenvalue weighted by Gasteiger charge is -2.59. The molecule has 0 aliphatic heterocycles. The molecule has 234 valence electrons. The Hall–Kier alpha value is -3.40. The van der Waals surface area contributed by atoms with Gasteiger partial charge >= 0.3 is 6.16 Å². The van der Waals surface area contributed by atoms with Crippen molar-refractivity contribution in [3.8, 4) is 28.3 Å². The molecule has 7 rings (SSSR count). The molecule has 1 aromatic carbocycles. The molecule has 2 heterocycles. The van der Waals surface area contributed by atoms with E-state index >= 15 is 0 Å². The lowest BCUT2D eigenvalue weighted by molar-refractivity contribution is -0.191. The number of hydrogen-bond donors (Lipinski definition) is 2. The average molecular weight is 642 g/mol. The number of ether oxygens (including phenoxy) is 2. The number of nitrogens with one attached hydrogen (secondary N) is 1. The van der Waals surface area contributed by atoms with Crippen LogP contribution in [0.15, 0.2) is 54.7 Å². The van der Waals surface area contributed by atoms with Gasteiger partial charge in [-0.15, -0.1) is 12.4 Å². The third-order valence-corrected chi connectivity index (χ3v) is 9.51. The third kappa shape index (κ3) is 6.50. The van der Waals surface area contributed by atoms with Crippen LogP contribution >= 0.6 is 24.0 Å². The minimum atomic E-state index is -1.37. The van der Waals surface area contributed by atoms with Gasteiger partial charge in [-0.25, -0.2) is 9.78 Å². The number of carboxylic acid groups (broad SMARTS) is 1. The largest absolute Gasteiger partial charge is 0.507 e. The lowest BCUT2D eigenvalue weighted by atomic mass is 9.52. The molecular formula is C33H38Cl2N4O5. The Morgan fingerprint density at radius 2 is 1.77 bits per heavy atom. The number of amides is 1. The zero-order valence-corrected chi connectivity index (χ0v) is 26.4. The van der Waals surface area contributed by atoms with Crippen molar-refractivity contribution in [2.45, 2.75) is 44.2 Å². The van der Waals surface area contributed by atoms with Crippen molar-refractivity contribution in [3.05, 3.63) is 65.4 Å². The number of halogens is 2. The number of nitrogens with zero attached hydrogens (tertiary/aromatic N) is 3. The SMILES string of the molecule is CN(C)CCCOc1cc(-c2nc(C(=O)NC3(OC(=O)O)C4CC5CC(C4)CC3C5)ccc2-c2ccccn2)ccc1Cl.Cl. The van der Waals surface area contributed by atoms with E-state index in [1.807, 2.05) is 50.5 Å². The Morgan fingerprint density at radius 1 is 1.05 bits per heavy atom. The fourth-order valence-corrected chi connectivity index (χ4v) is 7.70. The molecule has 3 aromatic rings. The van der Waals surface area contributed by atoms with Gasteiger partial charge in [0.15, 0.2) is 5.72 Å². The van der Waals surface area contributed by atoms with Crippen LogP contribution in [0.3, 0.4) is 0 Å². The van der Waals surface area contributed by atoms with Crippen molar-refractivity contribution in [1.82, 2.24) is 20.2 Å². The number of aromatic nitrogens is 2. The molecular weight excluding hydrogens is 603 g/mol. The quantitative estimate of drug-likeness (QED) is 0.141. The molecule has 4 aliphatic carbocycles. The van der Waals surface area contributed by atoms with Crippen molar-refractivity contribution in [2.75, 3.05) is 27.2 Å². The van der Waals surface area contributed by atoms with E-state index in [0.717, 1.165) is 44.2 Å². The maximum atomic E-state index is 13.9. The molecule has 4 fully saturated rings. The molecule has 0 spiro atoms. The van der Waals surface area contributed by atoms with E-state index < -0.39 is 17.8 Å². The molecule has 4 bridgehead atoms. The number of carbonyl (C=O) groups excluding carboxylic acids is 1. The van der Waals surface area contributed by atoms with Crippen LogP contribution in [0, 0.1) is 23.7 Å².